The summed E-state index contributed by atoms with van der Waals surface area (Å²) in [6.45, 7) is 3.37. The van der Waals surface area contributed by atoms with E-state index in [4.69, 9.17) is 0 Å². The Balaban J connectivity index is 2.29. The zero-order chi connectivity index (χ0) is 14.2. The molecule has 3 nitrogen and oxygen atoms in total. The number of nitrogens with one attached hydrogen (secondary N) is 1. The van der Waals surface area contributed by atoms with E-state index in [-0.39, 0.29) is 0 Å². The molecule has 1 heterocycles. The maximum atomic E-state index is 13.4. The van der Waals surface area contributed by atoms with Crippen molar-refractivity contribution in [1.82, 2.24) is 4.98 Å². The minimum atomic E-state index is -1.62. The van der Waals surface area contributed by atoms with Crippen LogP contribution in [-0.4, -0.2) is 10.9 Å². The summed E-state index contributed by atoms with van der Waals surface area (Å²) in [5, 5.41) is 2.89. The predicted molar refractivity (Wildman–Crippen MR) is 65.9 cm³/mol. The minimum Gasteiger partial charge on any atom is -0.319 e. The largest absolute Gasteiger partial charge is 0.319 e. The SMILES string of the molecule is Cc1nc(C)c(C(=O)Nc2ccc(F)c(F)c2F)s1. The monoisotopic (exact) mass is 286 g/mol. The van der Waals surface area contributed by atoms with Crippen molar-refractivity contribution >= 4 is 22.9 Å². The molecule has 0 saturated carbocycles. The fourth-order valence-corrected chi connectivity index (χ4v) is 2.36. The standard InChI is InChI=1S/C12H9F3N2OS/c1-5-11(19-6(2)16-5)12(18)17-8-4-3-7(13)9(14)10(8)15/h3-4H,1-2H3,(H,17,18). The fourth-order valence-electron chi connectivity index (χ4n) is 1.54. The lowest BCUT2D eigenvalue weighted by Crippen LogP contribution is -2.13. The van der Waals surface area contributed by atoms with Crippen LogP contribution < -0.4 is 5.32 Å². The molecule has 0 aliphatic rings. The summed E-state index contributed by atoms with van der Waals surface area (Å²) in [5.74, 6) is -4.95. The molecule has 1 N–H and O–H groups in total. The van der Waals surface area contributed by atoms with Crippen LogP contribution in [0.2, 0.25) is 0 Å². The molecule has 0 saturated heterocycles. The number of halogens is 3. The van der Waals surface area contributed by atoms with Gasteiger partial charge in [0.2, 0.25) is 0 Å². The summed E-state index contributed by atoms with van der Waals surface area (Å²) in [5.41, 5.74) is 0.0948. The van der Waals surface area contributed by atoms with Crippen LogP contribution >= 0.6 is 11.3 Å². The third-order valence-corrected chi connectivity index (χ3v) is 3.46. The van der Waals surface area contributed by atoms with Gasteiger partial charge in [-0.25, -0.2) is 18.2 Å². The summed E-state index contributed by atoms with van der Waals surface area (Å²) in [4.78, 5) is 16.2. The van der Waals surface area contributed by atoms with Gasteiger partial charge >= 0.3 is 0 Å². The molecule has 0 bridgehead atoms. The number of carbonyl (C=O) groups is 1. The van der Waals surface area contributed by atoms with E-state index in [0.717, 1.165) is 23.5 Å². The number of anilines is 1. The minimum absolute atomic E-state index is 0.307. The van der Waals surface area contributed by atoms with Crippen LogP contribution in [0.5, 0.6) is 0 Å². The molecule has 7 heteroatoms. The van der Waals surface area contributed by atoms with Crippen molar-refractivity contribution in [3.8, 4) is 0 Å². The van der Waals surface area contributed by atoms with Gasteiger partial charge in [0.15, 0.2) is 17.5 Å². The molecule has 0 aliphatic heterocycles. The fraction of sp³-hybridized carbons (Fsp3) is 0.167. The van der Waals surface area contributed by atoms with Crippen LogP contribution in [0.15, 0.2) is 12.1 Å². The normalized spacial score (nSPS) is 10.6. The molecule has 100 valence electrons. The highest BCUT2D eigenvalue weighted by atomic mass is 32.1. The van der Waals surface area contributed by atoms with Gasteiger partial charge in [-0.1, -0.05) is 0 Å². The lowest BCUT2D eigenvalue weighted by Gasteiger charge is -2.06. The van der Waals surface area contributed by atoms with E-state index in [2.05, 4.69) is 10.3 Å². The van der Waals surface area contributed by atoms with Crippen molar-refractivity contribution in [1.29, 1.82) is 0 Å². The zero-order valence-corrected chi connectivity index (χ0v) is 10.9. The second-order valence-corrected chi connectivity index (χ2v) is 5.03. The quantitative estimate of drug-likeness (QED) is 0.859. The maximum absolute atomic E-state index is 13.4. The van der Waals surface area contributed by atoms with E-state index in [0.29, 0.717) is 15.6 Å². The summed E-state index contributed by atoms with van der Waals surface area (Å²) in [7, 11) is 0. The van der Waals surface area contributed by atoms with Crippen molar-refractivity contribution in [2.24, 2.45) is 0 Å². The number of thiazole rings is 1. The Morgan fingerprint density at radius 2 is 1.89 bits per heavy atom. The number of hydrogen-bond donors (Lipinski definition) is 1. The Morgan fingerprint density at radius 1 is 1.21 bits per heavy atom. The number of hydrogen-bond acceptors (Lipinski definition) is 3. The summed E-state index contributed by atoms with van der Waals surface area (Å²) in [6.07, 6.45) is 0. The van der Waals surface area contributed by atoms with Crippen LogP contribution in [0.25, 0.3) is 0 Å². The molecule has 0 atom stereocenters. The molecular formula is C12H9F3N2OS. The van der Waals surface area contributed by atoms with Crippen LogP contribution in [0, 0.1) is 31.3 Å². The first-order chi connectivity index (χ1) is 8.90. The first-order valence-corrected chi connectivity index (χ1v) is 6.10. The molecule has 1 aromatic heterocycles. The van der Waals surface area contributed by atoms with Crippen molar-refractivity contribution in [3.63, 3.8) is 0 Å². The van der Waals surface area contributed by atoms with Gasteiger partial charge in [0.05, 0.1) is 16.4 Å². The van der Waals surface area contributed by atoms with E-state index in [1.165, 1.54) is 0 Å². The molecule has 1 amide bonds. The molecule has 0 spiro atoms. The van der Waals surface area contributed by atoms with E-state index in [1.807, 2.05) is 0 Å². The number of nitrogens with zero attached hydrogens (tertiary/aromatic N) is 1. The highest BCUT2D eigenvalue weighted by Gasteiger charge is 2.18. The highest BCUT2D eigenvalue weighted by Crippen LogP contribution is 2.22. The average Bonchev–Trinajstić information content (AvgIpc) is 2.69. The molecular weight excluding hydrogens is 277 g/mol. The number of aryl methyl sites for hydroxylation is 2. The molecule has 19 heavy (non-hydrogen) atoms. The van der Waals surface area contributed by atoms with Crippen molar-refractivity contribution < 1.29 is 18.0 Å². The van der Waals surface area contributed by atoms with Crippen LogP contribution in [0.3, 0.4) is 0 Å². The number of carbonyl (C=O) groups excluding carboxylic acids is 1. The second-order valence-electron chi connectivity index (χ2n) is 3.82. The lowest BCUT2D eigenvalue weighted by atomic mass is 10.2. The first kappa shape index (κ1) is 13.5. The van der Waals surface area contributed by atoms with Crippen LogP contribution in [0.1, 0.15) is 20.4 Å². The highest BCUT2D eigenvalue weighted by molar-refractivity contribution is 7.13. The second kappa shape index (κ2) is 5.00. The zero-order valence-electron chi connectivity index (χ0n) is 10.1. The summed E-state index contributed by atoms with van der Waals surface area (Å²) in [6, 6.07) is 1.72. The number of aromatic nitrogens is 1. The van der Waals surface area contributed by atoms with Gasteiger partial charge in [-0.3, -0.25) is 4.79 Å². The molecule has 0 unspecified atom stereocenters. The smallest absolute Gasteiger partial charge is 0.267 e. The van der Waals surface area contributed by atoms with Crippen molar-refractivity contribution in [2.45, 2.75) is 13.8 Å². The average molecular weight is 286 g/mol. The number of amides is 1. The van der Waals surface area contributed by atoms with Gasteiger partial charge in [0, 0.05) is 0 Å². The summed E-state index contributed by atoms with van der Waals surface area (Å²) < 4.78 is 39.2. The van der Waals surface area contributed by atoms with Crippen molar-refractivity contribution in [2.75, 3.05) is 5.32 Å². The maximum Gasteiger partial charge on any atom is 0.267 e. The Hall–Kier alpha value is -1.89. The molecule has 2 rings (SSSR count). The van der Waals surface area contributed by atoms with Crippen molar-refractivity contribution in [3.05, 3.63) is 45.2 Å². The van der Waals surface area contributed by atoms with Crippen LogP contribution in [-0.2, 0) is 0 Å². The van der Waals surface area contributed by atoms with Gasteiger partial charge in [-0.15, -0.1) is 11.3 Å². The van der Waals surface area contributed by atoms with Crippen LogP contribution in [0.4, 0.5) is 18.9 Å². The third kappa shape index (κ3) is 2.60. The molecule has 2 aromatic rings. The van der Waals surface area contributed by atoms with Gasteiger partial charge in [-0.2, -0.15) is 0 Å². The van der Waals surface area contributed by atoms with E-state index in [1.54, 1.807) is 13.8 Å². The van der Waals surface area contributed by atoms with E-state index >= 15 is 0 Å². The Labute approximate surface area is 111 Å². The Kier molecular flexibility index (Phi) is 3.57. The van der Waals surface area contributed by atoms with Gasteiger partial charge in [0.25, 0.3) is 5.91 Å². The molecule has 0 radical (unpaired) electrons. The van der Waals surface area contributed by atoms with Gasteiger partial charge in [0.1, 0.15) is 4.88 Å². The molecule has 0 aliphatic carbocycles. The number of rotatable bonds is 2. The topological polar surface area (TPSA) is 42.0 Å². The van der Waals surface area contributed by atoms with E-state index < -0.39 is 29.0 Å². The third-order valence-electron chi connectivity index (χ3n) is 2.39. The van der Waals surface area contributed by atoms with Gasteiger partial charge < -0.3 is 5.32 Å². The Morgan fingerprint density at radius 3 is 2.47 bits per heavy atom. The Bertz CT molecular complexity index is 655. The van der Waals surface area contributed by atoms with Gasteiger partial charge in [-0.05, 0) is 26.0 Å². The first-order valence-electron chi connectivity index (χ1n) is 5.29. The molecule has 0 fully saturated rings. The summed E-state index contributed by atoms with van der Waals surface area (Å²) >= 11 is 1.14. The van der Waals surface area contributed by atoms with E-state index in [9.17, 15) is 18.0 Å². The number of benzene rings is 1. The lowest BCUT2D eigenvalue weighted by molar-refractivity contribution is 0.102. The predicted octanol–water partition coefficient (Wildman–Crippen LogP) is 3.43. The molecule has 1 aromatic carbocycles.